The quantitative estimate of drug-likeness (QED) is 0.146. The highest BCUT2D eigenvalue weighted by atomic mass is 16.6. The molecule has 0 aromatic carbocycles. The van der Waals surface area contributed by atoms with Crippen LogP contribution in [0.5, 0.6) is 0 Å². The molecule has 0 aromatic rings. The molecule has 0 bridgehead atoms. The number of carbonyl (C=O) groups excluding carboxylic acids is 6. The SMILES string of the molecule is CC(=O)CC(=O)OC(C)(C)C.CC(=O)CC(=O)OCC1CCC(COC(=O)CC(C)=O)CC1.CC(C)(C)O.OCC1CCC(CO)CC1. The van der Waals surface area contributed by atoms with E-state index >= 15 is 0 Å². The Morgan fingerprint density at radius 2 is 0.771 bits per heavy atom. The lowest BCUT2D eigenvalue weighted by molar-refractivity contribution is -0.156. The van der Waals surface area contributed by atoms with E-state index in [0.717, 1.165) is 51.4 Å². The number of Topliss-reactive ketones (excluding diaryl/α,β-unsaturated/α-hetero) is 3. The first-order chi connectivity index (χ1) is 22.0. The fourth-order valence-electron chi connectivity index (χ4n) is 4.67. The summed E-state index contributed by atoms with van der Waals surface area (Å²) in [6, 6.07) is 0. The predicted molar refractivity (Wildman–Crippen MR) is 181 cm³/mol. The third-order valence-electron chi connectivity index (χ3n) is 7.01. The van der Waals surface area contributed by atoms with Gasteiger partial charge in [-0.25, -0.2) is 0 Å². The molecule has 12 nitrogen and oxygen atoms in total. The van der Waals surface area contributed by atoms with Crippen LogP contribution in [0, 0.1) is 23.7 Å². The molecule has 0 heterocycles. The van der Waals surface area contributed by atoms with E-state index in [1.165, 1.54) is 20.8 Å². The first-order valence-corrected chi connectivity index (χ1v) is 17.0. The van der Waals surface area contributed by atoms with Crippen LogP contribution >= 0.6 is 0 Å². The Labute approximate surface area is 287 Å². The Morgan fingerprint density at radius 1 is 0.521 bits per heavy atom. The summed E-state index contributed by atoms with van der Waals surface area (Å²) in [4.78, 5) is 65.4. The number of hydrogen-bond acceptors (Lipinski definition) is 12. The van der Waals surface area contributed by atoms with Gasteiger partial charge in [0.1, 0.15) is 42.2 Å². The van der Waals surface area contributed by atoms with Gasteiger partial charge in [-0.05, 0) is 137 Å². The minimum Gasteiger partial charge on any atom is -0.465 e. The molecule has 280 valence electrons. The van der Waals surface area contributed by atoms with Crippen molar-refractivity contribution >= 4 is 35.3 Å². The molecule has 2 aliphatic rings. The normalized spacial score (nSPS) is 20.5. The van der Waals surface area contributed by atoms with Gasteiger partial charge >= 0.3 is 17.9 Å². The molecule has 12 heteroatoms. The monoisotopic (exact) mass is 688 g/mol. The van der Waals surface area contributed by atoms with E-state index in [4.69, 9.17) is 29.5 Å². The van der Waals surface area contributed by atoms with Gasteiger partial charge in [0.25, 0.3) is 0 Å². The second-order valence-electron chi connectivity index (χ2n) is 14.9. The molecule has 2 fully saturated rings. The molecule has 3 N–H and O–H groups in total. The number of ketones is 3. The van der Waals surface area contributed by atoms with Crippen molar-refractivity contribution in [2.45, 2.75) is 144 Å². The first-order valence-electron chi connectivity index (χ1n) is 17.0. The summed E-state index contributed by atoms with van der Waals surface area (Å²) in [6.45, 7) is 16.0. The van der Waals surface area contributed by atoms with Crippen LogP contribution in [-0.4, -0.2) is 88.2 Å². The molecule has 0 aliphatic heterocycles. The molecule has 2 rings (SSSR count). The second-order valence-corrected chi connectivity index (χ2v) is 14.9. The number of rotatable bonds is 12. The lowest BCUT2D eigenvalue weighted by Crippen LogP contribution is -2.24. The summed E-state index contributed by atoms with van der Waals surface area (Å²) in [7, 11) is 0. The molecule has 0 unspecified atom stereocenters. The Kier molecular flexibility index (Phi) is 25.0. The summed E-state index contributed by atoms with van der Waals surface area (Å²) in [5.41, 5.74) is -0.994. The Balaban J connectivity index is 0. The molecular formula is C36H64O12. The maximum atomic E-state index is 11.3. The molecule has 0 atom stereocenters. The van der Waals surface area contributed by atoms with Crippen LogP contribution in [0.15, 0.2) is 0 Å². The van der Waals surface area contributed by atoms with Gasteiger partial charge < -0.3 is 29.5 Å². The average Bonchev–Trinajstić information content (AvgIpc) is 2.93. The maximum Gasteiger partial charge on any atom is 0.313 e. The first kappa shape index (κ1) is 47.4. The molecule has 2 aliphatic carbocycles. The van der Waals surface area contributed by atoms with Crippen molar-refractivity contribution in [3.63, 3.8) is 0 Å². The van der Waals surface area contributed by atoms with Gasteiger partial charge in [0.2, 0.25) is 0 Å². The molecule has 0 amide bonds. The van der Waals surface area contributed by atoms with Gasteiger partial charge in [0.05, 0.1) is 18.8 Å². The van der Waals surface area contributed by atoms with Crippen molar-refractivity contribution in [2.75, 3.05) is 26.4 Å². The van der Waals surface area contributed by atoms with Crippen LogP contribution in [0.25, 0.3) is 0 Å². The van der Waals surface area contributed by atoms with E-state index in [-0.39, 0.29) is 36.6 Å². The highest BCUT2D eigenvalue weighted by molar-refractivity contribution is 5.95. The number of hydrogen-bond donors (Lipinski definition) is 3. The maximum absolute atomic E-state index is 11.3. The number of carbonyl (C=O) groups is 6. The fraction of sp³-hybridized carbons (Fsp3) is 0.833. The zero-order chi connectivity index (χ0) is 37.5. The predicted octanol–water partition coefficient (Wildman–Crippen LogP) is 4.70. The molecule has 0 saturated heterocycles. The lowest BCUT2D eigenvalue weighted by atomic mass is 9.83. The summed E-state index contributed by atoms with van der Waals surface area (Å²) >= 11 is 0. The second kappa shape index (κ2) is 25.3. The van der Waals surface area contributed by atoms with Gasteiger partial charge in [-0.15, -0.1) is 0 Å². The standard InChI is InChI=1S/C16H24O6.C8H14O3.C8H16O2.C4H10O/c1-11(17)7-15(19)21-9-13-3-5-14(6-4-13)10-22-16(20)8-12(2)18;1-6(9)5-7(10)11-8(2,3)4;9-5-7-1-2-8(6-10)4-3-7;1-4(2,3)5/h13-14H,3-10H2,1-2H3;5H2,1-4H3;7-10H,1-6H2;5H,1-3H3. The van der Waals surface area contributed by atoms with Crippen molar-refractivity contribution in [1.29, 1.82) is 0 Å². The van der Waals surface area contributed by atoms with Crippen LogP contribution < -0.4 is 0 Å². The number of esters is 3. The minimum atomic E-state index is -0.500. The Bertz CT molecular complexity index is 902. The number of ether oxygens (including phenoxy) is 3. The minimum absolute atomic E-state index is 0.128. The van der Waals surface area contributed by atoms with Gasteiger partial charge in [-0.3, -0.25) is 28.8 Å². The number of aliphatic hydroxyl groups excluding tert-OH is 2. The van der Waals surface area contributed by atoms with E-state index in [1.807, 2.05) is 0 Å². The smallest absolute Gasteiger partial charge is 0.313 e. The van der Waals surface area contributed by atoms with E-state index in [9.17, 15) is 28.8 Å². The molecule has 48 heavy (non-hydrogen) atoms. The van der Waals surface area contributed by atoms with Crippen molar-refractivity contribution < 1.29 is 58.3 Å². The molecule has 0 aromatic heterocycles. The lowest BCUT2D eigenvalue weighted by Gasteiger charge is -2.27. The van der Waals surface area contributed by atoms with Crippen LogP contribution in [0.1, 0.15) is 133 Å². The highest BCUT2D eigenvalue weighted by Crippen LogP contribution is 2.29. The van der Waals surface area contributed by atoms with E-state index in [1.54, 1.807) is 41.5 Å². The highest BCUT2D eigenvalue weighted by Gasteiger charge is 2.24. The molecule has 0 spiro atoms. The van der Waals surface area contributed by atoms with Gasteiger partial charge in [-0.1, -0.05) is 0 Å². The van der Waals surface area contributed by atoms with Crippen LogP contribution in [0.3, 0.4) is 0 Å². The van der Waals surface area contributed by atoms with Crippen molar-refractivity contribution in [3.8, 4) is 0 Å². The zero-order valence-corrected chi connectivity index (χ0v) is 30.9. The van der Waals surface area contributed by atoms with E-state index in [2.05, 4.69) is 0 Å². The van der Waals surface area contributed by atoms with Crippen LogP contribution in [0.4, 0.5) is 0 Å². The zero-order valence-electron chi connectivity index (χ0n) is 30.9. The average molecular weight is 689 g/mol. The van der Waals surface area contributed by atoms with Gasteiger partial charge in [0.15, 0.2) is 0 Å². The Hall–Kier alpha value is -2.70. The summed E-state index contributed by atoms with van der Waals surface area (Å²) in [5, 5.41) is 26.1. The topological polar surface area (TPSA) is 191 Å². The van der Waals surface area contributed by atoms with Crippen molar-refractivity contribution in [1.82, 2.24) is 0 Å². The van der Waals surface area contributed by atoms with Gasteiger partial charge in [-0.2, -0.15) is 0 Å². The van der Waals surface area contributed by atoms with Crippen molar-refractivity contribution in [3.05, 3.63) is 0 Å². The fourth-order valence-corrected chi connectivity index (χ4v) is 4.67. The molecule has 0 radical (unpaired) electrons. The van der Waals surface area contributed by atoms with E-state index in [0.29, 0.717) is 50.1 Å². The number of aliphatic hydroxyl groups is 3. The molecule has 2 saturated carbocycles. The Morgan fingerprint density at radius 3 is 1.00 bits per heavy atom. The summed E-state index contributed by atoms with van der Waals surface area (Å²) < 4.78 is 15.1. The summed E-state index contributed by atoms with van der Waals surface area (Å²) in [5.74, 6) is -0.294. The van der Waals surface area contributed by atoms with E-state index < -0.39 is 29.1 Å². The van der Waals surface area contributed by atoms with Gasteiger partial charge in [0, 0.05) is 13.2 Å². The summed E-state index contributed by atoms with van der Waals surface area (Å²) in [6.07, 6.45) is 7.56. The third-order valence-corrected chi connectivity index (χ3v) is 7.01. The molecular weight excluding hydrogens is 624 g/mol. The van der Waals surface area contributed by atoms with Crippen LogP contribution in [0.2, 0.25) is 0 Å². The third kappa shape index (κ3) is 33.2. The largest absolute Gasteiger partial charge is 0.465 e. The van der Waals surface area contributed by atoms with Crippen molar-refractivity contribution in [2.24, 2.45) is 23.7 Å². The van der Waals surface area contributed by atoms with Crippen LogP contribution in [-0.2, 0) is 43.0 Å².